The van der Waals surface area contributed by atoms with Crippen LogP contribution < -0.4 is 14.4 Å². The molecule has 8 heteroatoms. The molecule has 1 amide bonds. The van der Waals surface area contributed by atoms with Gasteiger partial charge in [-0.25, -0.2) is 12.8 Å². The Kier molecular flexibility index (Phi) is 7.61. The van der Waals surface area contributed by atoms with Gasteiger partial charge in [0.2, 0.25) is 15.9 Å². The Morgan fingerprint density at radius 2 is 1.76 bits per heavy atom. The summed E-state index contributed by atoms with van der Waals surface area (Å²) in [6.45, 7) is 3.56. The van der Waals surface area contributed by atoms with Gasteiger partial charge in [-0.05, 0) is 42.2 Å². The van der Waals surface area contributed by atoms with Crippen LogP contribution in [0, 0.1) is 11.7 Å². The van der Waals surface area contributed by atoms with Gasteiger partial charge in [-0.1, -0.05) is 38.1 Å². The topological polar surface area (TPSA) is 75.7 Å². The molecule has 6 nitrogen and oxygen atoms in total. The van der Waals surface area contributed by atoms with Crippen molar-refractivity contribution in [3.8, 4) is 5.75 Å². The number of nitrogens with one attached hydrogen (secondary N) is 1. The lowest BCUT2D eigenvalue weighted by Crippen LogP contribution is -2.42. The van der Waals surface area contributed by atoms with Crippen molar-refractivity contribution in [1.82, 2.24) is 5.32 Å². The van der Waals surface area contributed by atoms with E-state index < -0.39 is 28.3 Å². The lowest BCUT2D eigenvalue weighted by Gasteiger charge is -2.25. The number of methoxy groups -OCH3 is 1. The number of carbonyl (C=O) groups excluding carboxylic acids is 1. The molecule has 2 aromatic carbocycles. The summed E-state index contributed by atoms with van der Waals surface area (Å²) in [7, 11) is -2.28. The van der Waals surface area contributed by atoms with E-state index in [1.54, 1.807) is 19.2 Å². The molecule has 0 saturated heterocycles. The van der Waals surface area contributed by atoms with Crippen molar-refractivity contribution in [2.24, 2.45) is 5.92 Å². The molecule has 0 aliphatic carbocycles. The molecular formula is C21H27FN2O4S. The first kappa shape index (κ1) is 22.7. The normalized spacial score (nSPS) is 12.5. The second kappa shape index (κ2) is 9.73. The highest BCUT2D eigenvalue weighted by molar-refractivity contribution is 7.92. The van der Waals surface area contributed by atoms with E-state index >= 15 is 0 Å². The number of nitrogens with zero attached hydrogens (tertiary/aromatic N) is 1. The molecule has 0 radical (unpaired) electrons. The quantitative estimate of drug-likeness (QED) is 0.671. The van der Waals surface area contributed by atoms with E-state index in [-0.39, 0.29) is 11.7 Å². The number of rotatable bonds is 9. The number of halogens is 1. The molecule has 0 aliphatic rings. The number of para-hydroxylation sites is 1. The van der Waals surface area contributed by atoms with Crippen LogP contribution >= 0.6 is 0 Å². The van der Waals surface area contributed by atoms with Crippen LogP contribution in [0.3, 0.4) is 0 Å². The van der Waals surface area contributed by atoms with Crippen LogP contribution in [-0.4, -0.2) is 34.2 Å². The zero-order chi connectivity index (χ0) is 21.6. The summed E-state index contributed by atoms with van der Waals surface area (Å²) in [5, 5.41) is 2.89. The molecule has 158 valence electrons. The number of benzene rings is 2. The fraction of sp³-hybridized carbons (Fsp3) is 0.381. The average molecular weight is 423 g/mol. The van der Waals surface area contributed by atoms with Gasteiger partial charge in [0, 0.05) is 0 Å². The van der Waals surface area contributed by atoms with Crippen molar-refractivity contribution in [3.05, 3.63) is 59.9 Å². The van der Waals surface area contributed by atoms with E-state index in [9.17, 15) is 17.6 Å². The molecule has 2 aromatic rings. The Morgan fingerprint density at radius 3 is 2.28 bits per heavy atom. The zero-order valence-electron chi connectivity index (χ0n) is 17.1. The second-order valence-electron chi connectivity index (χ2n) is 7.24. The maximum Gasteiger partial charge on any atom is 0.241 e. The van der Waals surface area contributed by atoms with Crippen molar-refractivity contribution in [2.75, 3.05) is 24.2 Å². The van der Waals surface area contributed by atoms with Gasteiger partial charge in [0.1, 0.15) is 18.1 Å². The summed E-state index contributed by atoms with van der Waals surface area (Å²) >= 11 is 0. The number of carbonyl (C=O) groups is 1. The first-order chi connectivity index (χ1) is 13.6. The number of sulfonamides is 1. The van der Waals surface area contributed by atoms with Crippen LogP contribution in [0.2, 0.25) is 0 Å². The van der Waals surface area contributed by atoms with E-state index in [4.69, 9.17) is 4.74 Å². The summed E-state index contributed by atoms with van der Waals surface area (Å²) in [4.78, 5) is 12.7. The number of amides is 1. The Balaban J connectivity index is 2.23. The largest absolute Gasteiger partial charge is 0.497 e. The SMILES string of the molecule is COc1ccc([C@@H](CC(C)C)NC(=O)CN(c2ccccc2F)S(C)(=O)=O)cc1. The van der Waals surface area contributed by atoms with Crippen molar-refractivity contribution in [3.63, 3.8) is 0 Å². The molecule has 0 spiro atoms. The van der Waals surface area contributed by atoms with Crippen LogP contribution in [0.5, 0.6) is 5.75 Å². The molecule has 0 saturated carbocycles. The van der Waals surface area contributed by atoms with Crippen LogP contribution in [0.25, 0.3) is 0 Å². The van der Waals surface area contributed by atoms with Crippen LogP contribution in [0.4, 0.5) is 10.1 Å². The number of hydrogen-bond acceptors (Lipinski definition) is 4. The van der Waals surface area contributed by atoms with Crippen LogP contribution in [0.1, 0.15) is 31.9 Å². The van der Waals surface area contributed by atoms with Crippen LogP contribution in [-0.2, 0) is 14.8 Å². The highest BCUT2D eigenvalue weighted by atomic mass is 32.2. The van der Waals surface area contributed by atoms with Crippen molar-refractivity contribution in [2.45, 2.75) is 26.3 Å². The standard InChI is InChI=1S/C21H27FN2O4S/c1-15(2)13-19(16-9-11-17(28-3)12-10-16)23-21(25)14-24(29(4,26)27)20-8-6-5-7-18(20)22/h5-12,15,19H,13-14H2,1-4H3,(H,23,25)/t19-/m1/s1. The van der Waals surface area contributed by atoms with Gasteiger partial charge < -0.3 is 10.1 Å². The molecule has 1 atom stereocenters. The summed E-state index contributed by atoms with van der Waals surface area (Å²) in [5.74, 6) is -0.231. The molecule has 2 rings (SSSR count). The van der Waals surface area contributed by atoms with Gasteiger partial charge in [-0.3, -0.25) is 9.10 Å². The second-order valence-corrected chi connectivity index (χ2v) is 9.15. The number of ether oxygens (including phenoxy) is 1. The summed E-state index contributed by atoms with van der Waals surface area (Å²) in [6.07, 6.45) is 1.61. The van der Waals surface area contributed by atoms with Gasteiger partial charge in [-0.15, -0.1) is 0 Å². The fourth-order valence-corrected chi connectivity index (χ4v) is 3.85. The van der Waals surface area contributed by atoms with E-state index in [1.807, 2.05) is 26.0 Å². The van der Waals surface area contributed by atoms with Gasteiger partial charge in [0.15, 0.2) is 0 Å². The first-order valence-electron chi connectivity index (χ1n) is 9.27. The lowest BCUT2D eigenvalue weighted by atomic mass is 9.97. The molecule has 0 unspecified atom stereocenters. The Labute approximate surface area is 171 Å². The van der Waals surface area contributed by atoms with Crippen molar-refractivity contribution < 1.29 is 22.3 Å². The molecular weight excluding hydrogens is 395 g/mol. The molecule has 0 heterocycles. The fourth-order valence-electron chi connectivity index (χ4n) is 2.99. The van der Waals surface area contributed by atoms with E-state index in [1.165, 1.54) is 18.2 Å². The third kappa shape index (κ3) is 6.45. The molecule has 1 N–H and O–H groups in total. The van der Waals surface area contributed by atoms with Gasteiger partial charge >= 0.3 is 0 Å². The Bertz CT molecular complexity index is 930. The van der Waals surface area contributed by atoms with Crippen molar-refractivity contribution in [1.29, 1.82) is 0 Å². The minimum absolute atomic E-state index is 0.157. The third-order valence-electron chi connectivity index (χ3n) is 4.37. The van der Waals surface area contributed by atoms with E-state index in [0.717, 1.165) is 22.2 Å². The average Bonchev–Trinajstić information content (AvgIpc) is 2.65. The minimum atomic E-state index is -3.85. The molecule has 29 heavy (non-hydrogen) atoms. The van der Waals surface area contributed by atoms with E-state index in [2.05, 4.69) is 5.32 Å². The molecule has 0 aromatic heterocycles. The third-order valence-corrected chi connectivity index (χ3v) is 5.50. The van der Waals surface area contributed by atoms with Crippen molar-refractivity contribution >= 4 is 21.6 Å². The maximum absolute atomic E-state index is 14.1. The van der Waals surface area contributed by atoms with Crippen LogP contribution in [0.15, 0.2) is 48.5 Å². The van der Waals surface area contributed by atoms with Gasteiger partial charge in [0.05, 0.1) is 25.1 Å². The minimum Gasteiger partial charge on any atom is -0.497 e. The lowest BCUT2D eigenvalue weighted by molar-refractivity contribution is -0.120. The molecule has 0 bridgehead atoms. The monoisotopic (exact) mass is 422 g/mol. The zero-order valence-corrected chi connectivity index (χ0v) is 17.9. The summed E-state index contributed by atoms with van der Waals surface area (Å²) in [5.41, 5.74) is 0.722. The Morgan fingerprint density at radius 1 is 1.14 bits per heavy atom. The van der Waals surface area contributed by atoms with Gasteiger partial charge in [-0.2, -0.15) is 0 Å². The first-order valence-corrected chi connectivity index (χ1v) is 11.1. The smallest absolute Gasteiger partial charge is 0.241 e. The van der Waals surface area contributed by atoms with Gasteiger partial charge in [0.25, 0.3) is 0 Å². The molecule has 0 fully saturated rings. The molecule has 0 aliphatic heterocycles. The summed E-state index contributed by atoms with van der Waals surface area (Å²) < 4.78 is 44.5. The number of anilines is 1. The Hall–Kier alpha value is -2.61. The summed E-state index contributed by atoms with van der Waals surface area (Å²) in [6, 6.07) is 12.5. The predicted molar refractivity (Wildman–Crippen MR) is 112 cm³/mol. The highest BCUT2D eigenvalue weighted by Crippen LogP contribution is 2.25. The highest BCUT2D eigenvalue weighted by Gasteiger charge is 2.25. The van der Waals surface area contributed by atoms with E-state index in [0.29, 0.717) is 18.1 Å². The maximum atomic E-state index is 14.1. The predicted octanol–water partition coefficient (Wildman–Crippen LogP) is 3.50. The number of hydrogen-bond donors (Lipinski definition) is 1.